The van der Waals surface area contributed by atoms with E-state index in [1.54, 1.807) is 0 Å². The highest BCUT2D eigenvalue weighted by atomic mass is 31.2. The summed E-state index contributed by atoms with van der Waals surface area (Å²) >= 11 is 0. The predicted octanol–water partition coefficient (Wildman–Crippen LogP) is 7.85. The number of ether oxygens (including phenoxy) is 6. The minimum Gasteiger partial charge on any atom is -0.378 e. The lowest BCUT2D eigenvalue weighted by atomic mass is 9.98. The first-order valence-electron chi connectivity index (χ1n) is 17.4. The van der Waals surface area contributed by atoms with Gasteiger partial charge < -0.3 is 28.4 Å². The van der Waals surface area contributed by atoms with E-state index in [2.05, 4.69) is 30.1 Å². The smallest absolute Gasteiger partial charge is 0.378 e. The molecule has 19 nitrogen and oxygen atoms in total. The van der Waals surface area contributed by atoms with Gasteiger partial charge in [0.15, 0.2) is 0 Å². The normalized spacial score (nSPS) is 13.2. The highest BCUT2D eigenvalue weighted by molar-refractivity contribution is 7.48. The summed E-state index contributed by atoms with van der Waals surface area (Å²) in [5, 5.41) is 10.4. The molecule has 20 heteroatoms. The first kappa shape index (κ1) is 47.8. The monoisotopic (exact) mass is 737 g/mol. The third-order valence-electron chi connectivity index (χ3n) is 8.38. The number of phosphoric acid groups is 1. The summed E-state index contributed by atoms with van der Waals surface area (Å²) < 4.78 is 66.3. The molecule has 0 rings (SSSR count). The van der Waals surface area contributed by atoms with E-state index in [-0.39, 0.29) is 98.9 Å². The van der Waals surface area contributed by atoms with Crippen molar-refractivity contribution >= 4 is 7.82 Å². The predicted molar refractivity (Wildman–Crippen MR) is 188 cm³/mol. The average molecular weight is 738 g/mol. The molecule has 50 heavy (non-hydrogen) atoms. The van der Waals surface area contributed by atoms with E-state index in [1.807, 2.05) is 41.5 Å². The SMILES string of the molecule is CCC(CC)(COCCN=[N+]=[N-])OCCOP(=O)(OCCOC(CC)(CC)COCCN=[N+]=[N-])OCCOC(CC)(CC)COCCN=[N+]=[N-]. The molecule has 0 spiro atoms. The van der Waals surface area contributed by atoms with Crippen molar-refractivity contribution in [2.45, 2.75) is 96.9 Å². The Labute approximate surface area is 296 Å². The van der Waals surface area contributed by atoms with Crippen LogP contribution < -0.4 is 0 Å². The van der Waals surface area contributed by atoms with Crippen LogP contribution in [0.25, 0.3) is 31.3 Å². The summed E-state index contributed by atoms with van der Waals surface area (Å²) in [6, 6.07) is 0. The van der Waals surface area contributed by atoms with Crippen molar-refractivity contribution in [1.29, 1.82) is 0 Å². The fraction of sp³-hybridized carbons (Fsp3) is 1.00. The molecular weight excluding hydrogens is 677 g/mol. The molecule has 0 radical (unpaired) electrons. The van der Waals surface area contributed by atoms with Crippen molar-refractivity contribution in [2.24, 2.45) is 15.3 Å². The Kier molecular flexibility index (Phi) is 28.1. The Hall–Kier alpha value is -2.20. The number of rotatable bonds is 36. The van der Waals surface area contributed by atoms with Crippen LogP contribution in [-0.4, -0.2) is 116 Å². The topological polar surface area (TPSA) is 246 Å². The third kappa shape index (κ3) is 20.6. The lowest BCUT2D eigenvalue weighted by Crippen LogP contribution is -2.38. The van der Waals surface area contributed by atoms with Gasteiger partial charge in [-0.2, -0.15) is 0 Å². The minimum absolute atomic E-state index is 0.0841. The molecule has 0 aliphatic heterocycles. The van der Waals surface area contributed by atoms with Gasteiger partial charge in [0, 0.05) is 34.4 Å². The van der Waals surface area contributed by atoms with Crippen LogP contribution in [0.4, 0.5) is 0 Å². The lowest BCUT2D eigenvalue weighted by Gasteiger charge is -2.32. The van der Waals surface area contributed by atoms with Crippen LogP contribution in [0, 0.1) is 0 Å². The molecule has 0 aromatic carbocycles. The minimum atomic E-state index is -4.09. The molecule has 0 aliphatic carbocycles. The van der Waals surface area contributed by atoms with Gasteiger partial charge in [-0.1, -0.05) is 56.9 Å². The molecule has 0 unspecified atom stereocenters. The molecule has 0 aromatic heterocycles. The van der Waals surface area contributed by atoms with E-state index >= 15 is 0 Å². The Morgan fingerprint density at radius 1 is 0.460 bits per heavy atom. The van der Waals surface area contributed by atoms with Crippen LogP contribution in [-0.2, 0) is 46.6 Å². The van der Waals surface area contributed by atoms with Crippen LogP contribution >= 0.6 is 7.82 Å². The quantitative estimate of drug-likeness (QED) is 0.0198. The molecule has 0 saturated carbocycles. The van der Waals surface area contributed by atoms with Gasteiger partial charge in [-0.3, -0.25) is 13.6 Å². The molecule has 0 saturated heterocycles. The molecule has 0 amide bonds. The molecule has 0 N–H and O–H groups in total. The van der Waals surface area contributed by atoms with E-state index in [0.717, 1.165) is 0 Å². The number of phosphoric ester groups is 1. The van der Waals surface area contributed by atoms with Crippen LogP contribution in [0.5, 0.6) is 0 Å². The average Bonchev–Trinajstić information content (AvgIpc) is 3.14. The fourth-order valence-electron chi connectivity index (χ4n) is 4.66. The first-order valence-corrected chi connectivity index (χ1v) is 18.8. The van der Waals surface area contributed by atoms with E-state index in [9.17, 15) is 4.57 Å². The maximum atomic E-state index is 13.8. The van der Waals surface area contributed by atoms with Gasteiger partial charge in [-0.25, -0.2) is 4.57 Å². The molecular formula is C30H60N9O10P. The summed E-state index contributed by atoms with van der Waals surface area (Å²) in [6.45, 7) is 14.2. The Balaban J connectivity index is 5.40. The van der Waals surface area contributed by atoms with Crippen molar-refractivity contribution in [3.63, 3.8) is 0 Å². The van der Waals surface area contributed by atoms with Crippen molar-refractivity contribution in [2.75, 3.05) is 98.9 Å². The van der Waals surface area contributed by atoms with E-state index in [1.165, 1.54) is 0 Å². The molecule has 290 valence electrons. The molecule has 0 atom stereocenters. The number of hydrogen-bond donors (Lipinski definition) is 0. The number of hydrogen-bond acceptors (Lipinski definition) is 13. The Morgan fingerprint density at radius 3 is 0.940 bits per heavy atom. The second-order valence-electron chi connectivity index (χ2n) is 11.2. The second-order valence-corrected chi connectivity index (χ2v) is 12.9. The highest BCUT2D eigenvalue weighted by Gasteiger charge is 2.33. The van der Waals surface area contributed by atoms with Gasteiger partial charge in [0.05, 0.1) is 96.1 Å². The van der Waals surface area contributed by atoms with E-state index in [4.69, 9.17) is 58.6 Å². The lowest BCUT2D eigenvalue weighted by molar-refractivity contribution is -0.116. The van der Waals surface area contributed by atoms with Crippen molar-refractivity contribution in [1.82, 2.24) is 0 Å². The van der Waals surface area contributed by atoms with Gasteiger partial charge >= 0.3 is 7.82 Å². The van der Waals surface area contributed by atoms with Crippen molar-refractivity contribution < 1.29 is 46.6 Å². The van der Waals surface area contributed by atoms with Gasteiger partial charge in [0.2, 0.25) is 0 Å². The zero-order valence-electron chi connectivity index (χ0n) is 30.9. The Morgan fingerprint density at radius 2 is 0.720 bits per heavy atom. The zero-order chi connectivity index (χ0) is 37.5. The van der Waals surface area contributed by atoms with Gasteiger partial charge in [0.25, 0.3) is 0 Å². The van der Waals surface area contributed by atoms with Gasteiger partial charge in [0.1, 0.15) is 0 Å². The van der Waals surface area contributed by atoms with Crippen molar-refractivity contribution in [3.05, 3.63) is 31.3 Å². The summed E-state index contributed by atoms with van der Waals surface area (Å²) in [7, 11) is -4.09. The number of nitrogens with zero attached hydrogens (tertiary/aromatic N) is 9. The molecule has 0 aromatic rings. The van der Waals surface area contributed by atoms with Crippen LogP contribution in [0.1, 0.15) is 80.1 Å². The first-order chi connectivity index (χ1) is 24.2. The molecule has 0 bridgehead atoms. The van der Waals surface area contributed by atoms with Crippen LogP contribution in [0.2, 0.25) is 0 Å². The number of azide groups is 3. The summed E-state index contributed by atoms with van der Waals surface area (Å²) in [4.78, 5) is 8.17. The Bertz CT molecular complexity index is 933. The highest BCUT2D eigenvalue weighted by Crippen LogP contribution is 2.49. The zero-order valence-corrected chi connectivity index (χ0v) is 31.8. The fourth-order valence-corrected chi connectivity index (χ4v) is 5.78. The second kappa shape index (κ2) is 29.4. The summed E-state index contributed by atoms with van der Waals surface area (Å²) in [6.07, 6.45) is 3.93. The summed E-state index contributed by atoms with van der Waals surface area (Å²) in [5.74, 6) is 0. The summed E-state index contributed by atoms with van der Waals surface area (Å²) in [5.41, 5.74) is 23.6. The third-order valence-corrected chi connectivity index (χ3v) is 9.88. The standard InChI is InChI=1S/C30H60N9O10P/c1-7-28(8-2,25-41-16-13-34-37-31)44-19-22-47-50(40,48-23-20-45-29(9-3,10-4)26-42-17-14-35-38-32)49-24-21-46-30(11-5,12-6)27-43-18-15-36-39-33/h7-27H2,1-6H3. The molecule has 0 heterocycles. The molecule has 0 aliphatic rings. The van der Waals surface area contributed by atoms with Crippen LogP contribution in [0.15, 0.2) is 15.3 Å². The van der Waals surface area contributed by atoms with E-state index in [0.29, 0.717) is 38.5 Å². The van der Waals surface area contributed by atoms with E-state index < -0.39 is 24.6 Å². The largest absolute Gasteiger partial charge is 0.475 e. The van der Waals surface area contributed by atoms with Gasteiger partial charge in [-0.05, 0) is 55.1 Å². The van der Waals surface area contributed by atoms with Crippen molar-refractivity contribution in [3.8, 4) is 0 Å². The van der Waals surface area contributed by atoms with Gasteiger partial charge in [-0.15, -0.1) is 0 Å². The molecule has 0 fully saturated rings. The van der Waals surface area contributed by atoms with Crippen LogP contribution in [0.3, 0.4) is 0 Å². The maximum absolute atomic E-state index is 13.8. The maximum Gasteiger partial charge on any atom is 0.475 e.